The van der Waals surface area contributed by atoms with Crippen molar-refractivity contribution in [2.75, 3.05) is 13.1 Å². The maximum absolute atomic E-state index is 12.7. The molecule has 3 rings (SSSR count). The summed E-state index contributed by atoms with van der Waals surface area (Å²) in [6.45, 7) is 3.41. The van der Waals surface area contributed by atoms with E-state index in [2.05, 4.69) is 19.1 Å². The number of nitrogens with zero attached hydrogens (tertiary/aromatic N) is 1. The molecule has 2 heterocycles. The van der Waals surface area contributed by atoms with Crippen molar-refractivity contribution in [1.82, 2.24) is 4.90 Å². The molecule has 0 bridgehead atoms. The third-order valence-electron chi connectivity index (χ3n) is 4.62. The molecular weight excluding hydrogens is 288 g/mol. The van der Waals surface area contributed by atoms with Gasteiger partial charge in [0.05, 0.1) is 0 Å². The van der Waals surface area contributed by atoms with E-state index in [0.717, 1.165) is 43.6 Å². The van der Waals surface area contributed by atoms with Crippen molar-refractivity contribution >= 4 is 5.91 Å². The van der Waals surface area contributed by atoms with Crippen LogP contribution in [-0.2, 0) is 6.42 Å². The first-order chi connectivity index (χ1) is 11.2. The SMILES string of the molecule is CCc1ccc(-c2ccc(C(=O)N3CCCCC3CN)o2)cc1. The Morgan fingerprint density at radius 2 is 2.00 bits per heavy atom. The summed E-state index contributed by atoms with van der Waals surface area (Å²) in [5, 5.41) is 0. The minimum atomic E-state index is -0.0448. The lowest BCUT2D eigenvalue weighted by Crippen LogP contribution is -2.47. The van der Waals surface area contributed by atoms with E-state index in [0.29, 0.717) is 12.3 Å². The average Bonchev–Trinajstić information content (AvgIpc) is 3.11. The number of aryl methyl sites for hydroxylation is 1. The van der Waals surface area contributed by atoms with Crippen LogP contribution in [0.2, 0.25) is 0 Å². The molecule has 4 nitrogen and oxygen atoms in total. The Balaban J connectivity index is 1.78. The van der Waals surface area contributed by atoms with Gasteiger partial charge in [0, 0.05) is 24.7 Å². The maximum Gasteiger partial charge on any atom is 0.289 e. The van der Waals surface area contributed by atoms with E-state index in [-0.39, 0.29) is 11.9 Å². The zero-order chi connectivity index (χ0) is 16.2. The van der Waals surface area contributed by atoms with Crippen LogP contribution in [0.5, 0.6) is 0 Å². The number of rotatable bonds is 4. The van der Waals surface area contributed by atoms with Crippen LogP contribution in [0, 0.1) is 0 Å². The molecule has 0 radical (unpaired) electrons. The molecular formula is C19H24N2O2. The molecule has 1 aromatic heterocycles. The normalized spacial score (nSPS) is 18.2. The molecule has 1 amide bonds. The van der Waals surface area contributed by atoms with Crippen LogP contribution in [0.15, 0.2) is 40.8 Å². The fraction of sp³-hybridized carbons (Fsp3) is 0.421. The van der Waals surface area contributed by atoms with Gasteiger partial charge in [-0.15, -0.1) is 0 Å². The van der Waals surface area contributed by atoms with Gasteiger partial charge < -0.3 is 15.1 Å². The molecule has 0 aliphatic carbocycles. The zero-order valence-corrected chi connectivity index (χ0v) is 13.6. The number of hydrogen-bond donors (Lipinski definition) is 1. The van der Waals surface area contributed by atoms with E-state index in [4.69, 9.17) is 10.2 Å². The number of nitrogens with two attached hydrogens (primary N) is 1. The predicted molar refractivity (Wildman–Crippen MR) is 91.3 cm³/mol. The number of amides is 1. The second-order valence-electron chi connectivity index (χ2n) is 6.10. The topological polar surface area (TPSA) is 59.5 Å². The number of furan rings is 1. The largest absolute Gasteiger partial charge is 0.451 e. The minimum absolute atomic E-state index is 0.0448. The number of carbonyl (C=O) groups is 1. The third-order valence-corrected chi connectivity index (χ3v) is 4.62. The molecule has 2 N–H and O–H groups in total. The summed E-state index contributed by atoms with van der Waals surface area (Å²) in [7, 11) is 0. The lowest BCUT2D eigenvalue weighted by molar-refractivity contribution is 0.0592. The number of likely N-dealkylation sites (tertiary alicyclic amines) is 1. The minimum Gasteiger partial charge on any atom is -0.451 e. The van der Waals surface area contributed by atoms with Crippen molar-refractivity contribution in [3.05, 3.63) is 47.7 Å². The molecule has 2 aromatic rings. The van der Waals surface area contributed by atoms with Gasteiger partial charge in [-0.2, -0.15) is 0 Å². The Bertz CT molecular complexity index is 660. The van der Waals surface area contributed by atoms with Gasteiger partial charge in [-0.25, -0.2) is 0 Å². The van der Waals surface area contributed by atoms with Crippen LogP contribution in [0.25, 0.3) is 11.3 Å². The molecule has 1 aromatic carbocycles. The number of piperidine rings is 1. The fourth-order valence-electron chi connectivity index (χ4n) is 3.17. The summed E-state index contributed by atoms with van der Waals surface area (Å²) in [5.41, 5.74) is 8.09. The smallest absolute Gasteiger partial charge is 0.289 e. The molecule has 4 heteroatoms. The van der Waals surface area contributed by atoms with Gasteiger partial charge in [-0.05, 0) is 43.4 Å². The van der Waals surface area contributed by atoms with E-state index in [1.165, 1.54) is 5.56 Å². The lowest BCUT2D eigenvalue weighted by atomic mass is 10.0. The molecule has 23 heavy (non-hydrogen) atoms. The highest BCUT2D eigenvalue weighted by Crippen LogP contribution is 2.25. The van der Waals surface area contributed by atoms with E-state index in [1.54, 1.807) is 6.07 Å². The van der Waals surface area contributed by atoms with Crippen LogP contribution < -0.4 is 5.73 Å². The molecule has 1 atom stereocenters. The van der Waals surface area contributed by atoms with Gasteiger partial charge >= 0.3 is 0 Å². The first kappa shape index (κ1) is 15.8. The molecule has 122 valence electrons. The maximum atomic E-state index is 12.7. The summed E-state index contributed by atoms with van der Waals surface area (Å²) >= 11 is 0. The highest BCUT2D eigenvalue weighted by molar-refractivity contribution is 5.92. The van der Waals surface area contributed by atoms with Crippen molar-refractivity contribution in [2.24, 2.45) is 5.73 Å². The molecule has 1 aliphatic heterocycles. The lowest BCUT2D eigenvalue weighted by Gasteiger charge is -2.34. The third kappa shape index (κ3) is 3.32. The molecule has 1 unspecified atom stereocenters. The van der Waals surface area contributed by atoms with Crippen LogP contribution in [0.3, 0.4) is 0 Å². The van der Waals surface area contributed by atoms with Crippen molar-refractivity contribution in [3.8, 4) is 11.3 Å². The van der Waals surface area contributed by atoms with Crippen molar-refractivity contribution in [3.63, 3.8) is 0 Å². The first-order valence-corrected chi connectivity index (χ1v) is 8.43. The van der Waals surface area contributed by atoms with Crippen LogP contribution in [-0.4, -0.2) is 29.9 Å². The quantitative estimate of drug-likeness (QED) is 0.940. The summed E-state index contributed by atoms with van der Waals surface area (Å²) in [6.07, 6.45) is 4.17. The molecule has 1 saturated heterocycles. The van der Waals surface area contributed by atoms with Crippen molar-refractivity contribution in [2.45, 2.75) is 38.6 Å². The fourth-order valence-corrected chi connectivity index (χ4v) is 3.17. The van der Waals surface area contributed by atoms with Gasteiger partial charge in [0.2, 0.25) is 0 Å². The summed E-state index contributed by atoms with van der Waals surface area (Å²) in [5.74, 6) is 1.09. The zero-order valence-electron chi connectivity index (χ0n) is 13.6. The monoisotopic (exact) mass is 312 g/mol. The van der Waals surface area contributed by atoms with Gasteiger partial charge in [0.25, 0.3) is 5.91 Å². The molecule has 1 fully saturated rings. The van der Waals surface area contributed by atoms with Gasteiger partial charge in [0.1, 0.15) is 5.76 Å². The van der Waals surface area contributed by atoms with Gasteiger partial charge in [0.15, 0.2) is 5.76 Å². The second kappa shape index (κ2) is 7.01. The van der Waals surface area contributed by atoms with Gasteiger partial charge in [-0.1, -0.05) is 31.2 Å². The Morgan fingerprint density at radius 3 is 2.70 bits per heavy atom. The highest BCUT2D eigenvalue weighted by Gasteiger charge is 2.28. The summed E-state index contributed by atoms with van der Waals surface area (Å²) < 4.78 is 5.82. The summed E-state index contributed by atoms with van der Waals surface area (Å²) in [6, 6.07) is 12.0. The number of benzene rings is 1. The Labute approximate surface area is 137 Å². The second-order valence-corrected chi connectivity index (χ2v) is 6.10. The molecule has 1 aliphatic rings. The number of carbonyl (C=O) groups excluding carboxylic acids is 1. The van der Waals surface area contributed by atoms with Crippen LogP contribution in [0.1, 0.15) is 42.3 Å². The van der Waals surface area contributed by atoms with E-state index in [1.807, 2.05) is 23.1 Å². The van der Waals surface area contributed by atoms with Gasteiger partial charge in [-0.3, -0.25) is 4.79 Å². The Kier molecular flexibility index (Phi) is 4.82. The van der Waals surface area contributed by atoms with E-state index < -0.39 is 0 Å². The Morgan fingerprint density at radius 1 is 1.22 bits per heavy atom. The van der Waals surface area contributed by atoms with Crippen molar-refractivity contribution in [1.29, 1.82) is 0 Å². The van der Waals surface area contributed by atoms with Crippen LogP contribution in [0.4, 0.5) is 0 Å². The molecule has 0 spiro atoms. The predicted octanol–water partition coefficient (Wildman–Crippen LogP) is 3.46. The van der Waals surface area contributed by atoms with E-state index >= 15 is 0 Å². The Hall–Kier alpha value is -2.07. The standard InChI is InChI=1S/C19H24N2O2/c1-2-14-6-8-15(9-7-14)17-10-11-18(23-17)19(22)21-12-4-3-5-16(21)13-20/h6-11,16H,2-5,12-13,20H2,1H3. The summed E-state index contributed by atoms with van der Waals surface area (Å²) in [4.78, 5) is 14.6. The van der Waals surface area contributed by atoms with Crippen LogP contribution >= 0.6 is 0 Å². The first-order valence-electron chi connectivity index (χ1n) is 8.43. The molecule has 0 saturated carbocycles. The number of hydrogen-bond acceptors (Lipinski definition) is 3. The average molecular weight is 312 g/mol. The highest BCUT2D eigenvalue weighted by atomic mass is 16.4. The van der Waals surface area contributed by atoms with E-state index in [9.17, 15) is 4.79 Å². The van der Waals surface area contributed by atoms with Crippen molar-refractivity contribution < 1.29 is 9.21 Å².